The van der Waals surface area contributed by atoms with Gasteiger partial charge in [-0.15, -0.1) is 0 Å². The quantitative estimate of drug-likeness (QED) is 0.628. The largest absolute Gasteiger partial charge is 0.548 e. The van der Waals surface area contributed by atoms with Gasteiger partial charge in [0.15, 0.2) is 0 Å². The number of nitrogens with one attached hydrogen (secondary N) is 2. The molecule has 1 heterocycles. The predicted octanol–water partition coefficient (Wildman–Crippen LogP) is -0.0359. The topological polar surface area (TPSA) is 119 Å². The van der Waals surface area contributed by atoms with Gasteiger partial charge in [0, 0.05) is 18.7 Å². The Kier molecular flexibility index (Phi) is 7.30. The Morgan fingerprint density at radius 2 is 1.79 bits per heavy atom. The second-order valence-corrected chi connectivity index (χ2v) is 7.62. The van der Waals surface area contributed by atoms with Gasteiger partial charge in [-0.25, -0.2) is 4.39 Å². The lowest BCUT2D eigenvalue weighted by Crippen LogP contribution is -2.54. The van der Waals surface area contributed by atoms with Crippen LogP contribution in [0.15, 0.2) is 24.3 Å². The average molecular weight is 406 g/mol. The van der Waals surface area contributed by atoms with Gasteiger partial charge in [0.05, 0.1) is 17.9 Å². The fourth-order valence-electron chi connectivity index (χ4n) is 3.13. The SMILES string of the molecule is CC(C)C[C@H](NC(=O)[C@H](C)NC(=O)[C@@H]1CC(=O)N(c2ccc(F)cc2)C1)C(=O)[O-]. The number of anilines is 1. The molecule has 0 radical (unpaired) electrons. The Hall–Kier alpha value is -2.97. The third kappa shape index (κ3) is 6.00. The van der Waals surface area contributed by atoms with E-state index < -0.39 is 41.6 Å². The van der Waals surface area contributed by atoms with Gasteiger partial charge in [0.1, 0.15) is 11.9 Å². The summed E-state index contributed by atoms with van der Waals surface area (Å²) in [6, 6.07) is 3.24. The summed E-state index contributed by atoms with van der Waals surface area (Å²) >= 11 is 0. The second-order valence-electron chi connectivity index (χ2n) is 7.62. The number of carboxylic acids is 1. The maximum atomic E-state index is 13.1. The van der Waals surface area contributed by atoms with E-state index in [0.717, 1.165) is 0 Å². The van der Waals surface area contributed by atoms with Gasteiger partial charge >= 0.3 is 0 Å². The number of aliphatic carboxylic acids is 1. The molecule has 0 unspecified atom stereocenters. The normalized spacial score (nSPS) is 18.4. The van der Waals surface area contributed by atoms with E-state index in [1.165, 1.54) is 36.1 Å². The lowest BCUT2D eigenvalue weighted by molar-refractivity contribution is -0.308. The molecule has 0 aromatic heterocycles. The molecule has 0 spiro atoms. The van der Waals surface area contributed by atoms with E-state index in [2.05, 4.69) is 10.6 Å². The third-order valence-electron chi connectivity index (χ3n) is 4.69. The number of amides is 3. The van der Waals surface area contributed by atoms with Crippen LogP contribution in [0.1, 0.15) is 33.6 Å². The van der Waals surface area contributed by atoms with Gasteiger partial charge in [-0.1, -0.05) is 13.8 Å². The number of carboxylic acid groups (broad SMARTS) is 1. The average Bonchev–Trinajstić information content (AvgIpc) is 3.03. The van der Waals surface area contributed by atoms with Crippen molar-refractivity contribution in [3.05, 3.63) is 30.1 Å². The zero-order valence-corrected chi connectivity index (χ0v) is 16.6. The van der Waals surface area contributed by atoms with Crippen molar-refractivity contribution >= 4 is 29.4 Å². The smallest absolute Gasteiger partial charge is 0.242 e. The minimum atomic E-state index is -1.39. The molecule has 0 saturated carbocycles. The summed E-state index contributed by atoms with van der Waals surface area (Å²) in [5.74, 6) is -3.86. The van der Waals surface area contributed by atoms with Crippen LogP contribution >= 0.6 is 0 Å². The van der Waals surface area contributed by atoms with Crippen LogP contribution in [0.2, 0.25) is 0 Å². The van der Waals surface area contributed by atoms with Crippen LogP contribution in [0, 0.1) is 17.7 Å². The molecule has 3 atom stereocenters. The van der Waals surface area contributed by atoms with Crippen molar-refractivity contribution in [2.45, 2.75) is 45.7 Å². The van der Waals surface area contributed by atoms with E-state index in [-0.39, 0.29) is 31.2 Å². The first-order valence-corrected chi connectivity index (χ1v) is 9.46. The summed E-state index contributed by atoms with van der Waals surface area (Å²) < 4.78 is 13.1. The van der Waals surface area contributed by atoms with E-state index in [4.69, 9.17) is 0 Å². The second kappa shape index (κ2) is 9.49. The number of halogens is 1. The molecule has 1 aliphatic heterocycles. The Labute approximate surface area is 168 Å². The maximum absolute atomic E-state index is 13.1. The van der Waals surface area contributed by atoms with E-state index in [9.17, 15) is 28.7 Å². The Morgan fingerprint density at radius 1 is 1.17 bits per heavy atom. The van der Waals surface area contributed by atoms with Gasteiger partial charge in [-0.05, 0) is 43.5 Å². The Balaban J connectivity index is 1.93. The first kappa shape index (κ1) is 22.3. The summed E-state index contributed by atoms with van der Waals surface area (Å²) in [7, 11) is 0. The maximum Gasteiger partial charge on any atom is 0.242 e. The van der Waals surface area contributed by atoms with Crippen LogP contribution in [0.4, 0.5) is 10.1 Å². The molecule has 1 saturated heterocycles. The predicted molar refractivity (Wildman–Crippen MR) is 101 cm³/mol. The van der Waals surface area contributed by atoms with Crippen LogP contribution < -0.4 is 20.6 Å². The van der Waals surface area contributed by atoms with Crippen molar-refractivity contribution in [3.63, 3.8) is 0 Å². The molecule has 2 rings (SSSR count). The van der Waals surface area contributed by atoms with Crippen molar-refractivity contribution in [2.75, 3.05) is 11.4 Å². The molecule has 3 amide bonds. The molecule has 8 nitrogen and oxygen atoms in total. The molecule has 29 heavy (non-hydrogen) atoms. The molecular weight excluding hydrogens is 381 g/mol. The van der Waals surface area contributed by atoms with Crippen LogP contribution in [0.3, 0.4) is 0 Å². The summed E-state index contributed by atoms with van der Waals surface area (Å²) in [5, 5.41) is 16.1. The summed E-state index contributed by atoms with van der Waals surface area (Å²) in [6.07, 6.45) is 0.172. The van der Waals surface area contributed by atoms with Crippen molar-refractivity contribution in [2.24, 2.45) is 11.8 Å². The Bertz CT molecular complexity index is 781. The Morgan fingerprint density at radius 3 is 2.34 bits per heavy atom. The van der Waals surface area contributed by atoms with Gasteiger partial charge < -0.3 is 25.4 Å². The van der Waals surface area contributed by atoms with E-state index in [1.54, 1.807) is 0 Å². The van der Waals surface area contributed by atoms with Crippen LogP contribution in [0.25, 0.3) is 0 Å². The van der Waals surface area contributed by atoms with Gasteiger partial charge in [-0.2, -0.15) is 0 Å². The number of rotatable bonds is 8. The summed E-state index contributed by atoms with van der Waals surface area (Å²) in [6.45, 7) is 5.18. The van der Waals surface area contributed by atoms with E-state index >= 15 is 0 Å². The molecule has 9 heteroatoms. The van der Waals surface area contributed by atoms with Crippen molar-refractivity contribution in [3.8, 4) is 0 Å². The van der Waals surface area contributed by atoms with Crippen LogP contribution in [-0.4, -0.2) is 42.3 Å². The number of carbonyl (C=O) groups excluding carboxylic acids is 4. The first-order chi connectivity index (χ1) is 13.6. The van der Waals surface area contributed by atoms with Crippen molar-refractivity contribution in [1.29, 1.82) is 0 Å². The van der Waals surface area contributed by atoms with Crippen LogP contribution in [0.5, 0.6) is 0 Å². The highest BCUT2D eigenvalue weighted by molar-refractivity contribution is 6.01. The fourth-order valence-corrected chi connectivity index (χ4v) is 3.13. The number of carbonyl (C=O) groups is 4. The zero-order valence-electron chi connectivity index (χ0n) is 16.6. The van der Waals surface area contributed by atoms with E-state index in [0.29, 0.717) is 5.69 Å². The molecule has 1 aromatic rings. The molecule has 0 bridgehead atoms. The van der Waals surface area contributed by atoms with Crippen LogP contribution in [-0.2, 0) is 19.2 Å². The third-order valence-corrected chi connectivity index (χ3v) is 4.69. The molecule has 0 aliphatic carbocycles. The van der Waals surface area contributed by atoms with Gasteiger partial charge in [0.2, 0.25) is 17.7 Å². The zero-order chi connectivity index (χ0) is 21.7. The monoisotopic (exact) mass is 406 g/mol. The van der Waals surface area contributed by atoms with E-state index in [1.807, 2.05) is 13.8 Å². The lowest BCUT2D eigenvalue weighted by atomic mass is 10.0. The lowest BCUT2D eigenvalue weighted by Gasteiger charge is -2.24. The minimum absolute atomic E-state index is 0.0324. The minimum Gasteiger partial charge on any atom is -0.548 e. The standard InChI is InChI=1S/C20H26FN3O5/c1-11(2)8-16(20(28)29)23-18(26)12(3)22-19(27)13-9-17(25)24(10-13)15-6-4-14(21)5-7-15/h4-7,11-13,16H,8-10H2,1-3H3,(H,22,27)(H,23,26)(H,28,29)/p-1/t12-,13+,16-/m0/s1. The molecule has 2 N–H and O–H groups in total. The number of hydrogen-bond acceptors (Lipinski definition) is 5. The number of hydrogen-bond donors (Lipinski definition) is 2. The highest BCUT2D eigenvalue weighted by atomic mass is 19.1. The number of nitrogens with zero attached hydrogens (tertiary/aromatic N) is 1. The highest BCUT2D eigenvalue weighted by Gasteiger charge is 2.36. The fraction of sp³-hybridized carbons (Fsp3) is 0.500. The molecule has 1 aliphatic rings. The molecule has 1 fully saturated rings. The highest BCUT2D eigenvalue weighted by Crippen LogP contribution is 2.25. The van der Waals surface area contributed by atoms with Crippen molar-refractivity contribution < 1.29 is 28.7 Å². The summed E-state index contributed by atoms with van der Waals surface area (Å²) in [5.41, 5.74) is 0.489. The van der Waals surface area contributed by atoms with Gasteiger partial charge in [-0.3, -0.25) is 14.4 Å². The van der Waals surface area contributed by atoms with Gasteiger partial charge in [0.25, 0.3) is 0 Å². The molecule has 158 valence electrons. The summed E-state index contributed by atoms with van der Waals surface area (Å²) in [4.78, 5) is 49.5. The first-order valence-electron chi connectivity index (χ1n) is 9.46. The molecular formula is C20H25FN3O5-. The molecule has 1 aromatic carbocycles. The number of benzene rings is 1. The van der Waals surface area contributed by atoms with Crippen molar-refractivity contribution in [1.82, 2.24) is 10.6 Å².